The average Bonchev–Trinajstić information content (AvgIpc) is 3.11. The number of rotatable bonds is 4. The smallest absolute Gasteiger partial charge is 0.250 e. The molecule has 0 aliphatic carbocycles. The number of carbonyl (C=O) groups excluding carboxylic acids is 1. The number of thiocarbonyl (C=S) groups is 1. The molecule has 2 aromatic carbocycles. The van der Waals surface area contributed by atoms with E-state index in [-0.39, 0.29) is 11.0 Å². The molecule has 0 bridgehead atoms. The van der Waals surface area contributed by atoms with Gasteiger partial charge >= 0.3 is 0 Å². The summed E-state index contributed by atoms with van der Waals surface area (Å²) in [5, 5.41) is 6.80. The molecule has 0 unspecified atom stereocenters. The number of furan rings is 1. The highest BCUT2D eigenvalue weighted by Crippen LogP contribution is 2.29. The minimum Gasteiger partial charge on any atom is -0.457 e. The molecule has 0 spiro atoms. The van der Waals surface area contributed by atoms with Crippen molar-refractivity contribution in [3.05, 3.63) is 80.4 Å². The van der Waals surface area contributed by atoms with Gasteiger partial charge in [-0.1, -0.05) is 39.1 Å². The Morgan fingerprint density at radius 1 is 1.10 bits per heavy atom. The molecule has 8 heteroatoms. The third-order valence-electron chi connectivity index (χ3n) is 3.83. The van der Waals surface area contributed by atoms with Crippen LogP contribution in [0.15, 0.2) is 63.5 Å². The van der Waals surface area contributed by atoms with Crippen molar-refractivity contribution in [2.24, 2.45) is 0 Å². The summed E-state index contributed by atoms with van der Waals surface area (Å²) in [5.74, 6) is 0.728. The van der Waals surface area contributed by atoms with Crippen molar-refractivity contribution in [1.29, 1.82) is 0 Å². The number of hydrogen-bond acceptors (Lipinski definition) is 3. The quantitative estimate of drug-likeness (QED) is 0.298. The Kier molecular flexibility index (Phi) is 7.14. The Morgan fingerprint density at radius 2 is 1.83 bits per heavy atom. The van der Waals surface area contributed by atoms with Crippen molar-refractivity contribution >= 4 is 74.1 Å². The Bertz CT molecular complexity index is 1090. The van der Waals surface area contributed by atoms with Crippen LogP contribution in [0.25, 0.3) is 17.4 Å². The second-order valence-corrected chi connectivity index (χ2v) is 8.24. The van der Waals surface area contributed by atoms with Gasteiger partial charge in [0.15, 0.2) is 5.11 Å². The van der Waals surface area contributed by atoms with E-state index in [0.717, 1.165) is 21.3 Å². The molecule has 3 rings (SSSR count). The first-order valence-electron chi connectivity index (χ1n) is 8.42. The van der Waals surface area contributed by atoms with Gasteiger partial charge in [-0.2, -0.15) is 0 Å². The fraction of sp³-hybridized carbons (Fsp3) is 0.0476. The summed E-state index contributed by atoms with van der Waals surface area (Å²) in [6, 6.07) is 14.4. The first kappa shape index (κ1) is 21.6. The van der Waals surface area contributed by atoms with Crippen molar-refractivity contribution in [3.63, 3.8) is 0 Å². The highest BCUT2D eigenvalue weighted by molar-refractivity contribution is 9.10. The Hall–Kier alpha value is -2.12. The van der Waals surface area contributed by atoms with Gasteiger partial charge in [-0.15, -0.1) is 0 Å². The van der Waals surface area contributed by atoms with E-state index >= 15 is 0 Å². The first-order chi connectivity index (χ1) is 13.8. The molecule has 3 aromatic rings. The second kappa shape index (κ2) is 9.59. The fourth-order valence-electron chi connectivity index (χ4n) is 2.49. The van der Waals surface area contributed by atoms with Gasteiger partial charge in [0.2, 0.25) is 5.91 Å². The lowest BCUT2D eigenvalue weighted by Gasteiger charge is -2.09. The van der Waals surface area contributed by atoms with Gasteiger partial charge < -0.3 is 9.73 Å². The number of nitrogens with one attached hydrogen (secondary N) is 2. The molecule has 4 nitrogen and oxygen atoms in total. The predicted octanol–water partition coefficient (Wildman–Crippen LogP) is 6.85. The standard InChI is InChI=1S/C21H15BrCl2N2O2S/c1-12-8-16(2-5-18(12)22)25-21(29)26-20(27)7-4-17-3-6-19(28-17)13-9-14(23)11-15(24)10-13/h2-11H,1H3,(H2,25,26,27,29)/b7-4+. The van der Waals surface area contributed by atoms with Crippen LogP contribution in [0.3, 0.4) is 0 Å². The molecule has 1 aromatic heterocycles. The normalized spacial score (nSPS) is 10.9. The zero-order chi connectivity index (χ0) is 21.0. The molecular weight excluding hydrogens is 495 g/mol. The van der Waals surface area contributed by atoms with Crippen LogP contribution >= 0.6 is 51.3 Å². The van der Waals surface area contributed by atoms with E-state index in [4.69, 9.17) is 39.8 Å². The summed E-state index contributed by atoms with van der Waals surface area (Å²) in [5.41, 5.74) is 2.59. The lowest BCUT2D eigenvalue weighted by molar-refractivity contribution is -0.115. The van der Waals surface area contributed by atoms with E-state index in [9.17, 15) is 4.79 Å². The molecule has 0 saturated heterocycles. The van der Waals surface area contributed by atoms with Crippen LogP contribution in [0, 0.1) is 6.92 Å². The molecule has 1 heterocycles. The van der Waals surface area contributed by atoms with E-state index < -0.39 is 0 Å². The van der Waals surface area contributed by atoms with Crippen molar-refractivity contribution in [3.8, 4) is 11.3 Å². The van der Waals surface area contributed by atoms with Crippen LogP contribution in [0.1, 0.15) is 11.3 Å². The minimum absolute atomic E-state index is 0.204. The largest absolute Gasteiger partial charge is 0.457 e. The Labute approximate surface area is 192 Å². The lowest BCUT2D eigenvalue weighted by Crippen LogP contribution is -2.32. The van der Waals surface area contributed by atoms with Gasteiger partial charge in [0, 0.05) is 31.8 Å². The molecule has 0 radical (unpaired) electrons. The predicted molar refractivity (Wildman–Crippen MR) is 126 cm³/mol. The number of carbonyl (C=O) groups is 1. The highest BCUT2D eigenvalue weighted by atomic mass is 79.9. The molecule has 2 N–H and O–H groups in total. The number of hydrogen-bond donors (Lipinski definition) is 2. The summed E-state index contributed by atoms with van der Waals surface area (Å²) in [7, 11) is 0. The molecule has 1 amide bonds. The number of aryl methyl sites for hydroxylation is 1. The molecule has 0 fully saturated rings. The van der Waals surface area contributed by atoms with E-state index in [2.05, 4.69) is 26.6 Å². The van der Waals surface area contributed by atoms with Crippen molar-refractivity contribution < 1.29 is 9.21 Å². The molecule has 0 aliphatic rings. The van der Waals surface area contributed by atoms with Crippen molar-refractivity contribution in [1.82, 2.24) is 5.32 Å². The zero-order valence-corrected chi connectivity index (χ0v) is 19.0. The van der Waals surface area contributed by atoms with Gasteiger partial charge in [-0.05, 0) is 79.3 Å². The van der Waals surface area contributed by atoms with Crippen LogP contribution in [0.4, 0.5) is 5.69 Å². The van der Waals surface area contributed by atoms with E-state index in [1.165, 1.54) is 6.08 Å². The topological polar surface area (TPSA) is 54.3 Å². The maximum Gasteiger partial charge on any atom is 0.250 e. The van der Waals surface area contributed by atoms with Gasteiger partial charge in [0.05, 0.1) is 0 Å². The van der Waals surface area contributed by atoms with Gasteiger partial charge in [0.25, 0.3) is 0 Å². The third kappa shape index (κ3) is 6.18. The van der Waals surface area contributed by atoms with Crippen molar-refractivity contribution in [2.75, 3.05) is 5.32 Å². The van der Waals surface area contributed by atoms with E-state index in [1.54, 1.807) is 36.4 Å². The Morgan fingerprint density at radius 3 is 2.52 bits per heavy atom. The molecule has 148 valence electrons. The number of anilines is 1. The molecule has 0 atom stereocenters. The van der Waals surface area contributed by atoms with E-state index in [1.807, 2.05) is 25.1 Å². The lowest BCUT2D eigenvalue weighted by atomic mass is 10.2. The maximum absolute atomic E-state index is 12.1. The molecular formula is C21H15BrCl2N2O2S. The van der Waals surface area contributed by atoms with E-state index in [0.29, 0.717) is 21.6 Å². The Balaban J connectivity index is 1.59. The van der Waals surface area contributed by atoms with Crippen LogP contribution in [0.5, 0.6) is 0 Å². The third-order valence-corrected chi connectivity index (χ3v) is 5.36. The van der Waals surface area contributed by atoms with Gasteiger partial charge in [-0.3, -0.25) is 10.1 Å². The van der Waals surface area contributed by atoms with Crippen LogP contribution in [0.2, 0.25) is 10.0 Å². The maximum atomic E-state index is 12.1. The molecule has 29 heavy (non-hydrogen) atoms. The summed E-state index contributed by atoms with van der Waals surface area (Å²) >= 11 is 20.7. The zero-order valence-electron chi connectivity index (χ0n) is 15.1. The average molecular weight is 510 g/mol. The summed E-state index contributed by atoms with van der Waals surface area (Å²) in [4.78, 5) is 12.1. The second-order valence-electron chi connectivity index (χ2n) is 6.10. The number of benzene rings is 2. The molecule has 0 saturated carbocycles. The summed E-state index contributed by atoms with van der Waals surface area (Å²) in [6.07, 6.45) is 2.89. The minimum atomic E-state index is -0.375. The van der Waals surface area contributed by atoms with Crippen molar-refractivity contribution in [2.45, 2.75) is 6.92 Å². The van der Waals surface area contributed by atoms with Gasteiger partial charge in [0.1, 0.15) is 11.5 Å². The number of halogens is 3. The SMILES string of the molecule is Cc1cc(NC(=S)NC(=O)/C=C/c2ccc(-c3cc(Cl)cc(Cl)c3)o2)ccc1Br. The summed E-state index contributed by atoms with van der Waals surface area (Å²) < 4.78 is 6.72. The van der Waals surface area contributed by atoms with Crippen LogP contribution in [-0.4, -0.2) is 11.0 Å². The number of amides is 1. The molecule has 0 aliphatic heterocycles. The fourth-order valence-corrected chi connectivity index (χ4v) is 3.48. The summed E-state index contributed by atoms with van der Waals surface area (Å²) in [6.45, 7) is 1.97. The van der Waals surface area contributed by atoms with Crippen LogP contribution < -0.4 is 10.6 Å². The van der Waals surface area contributed by atoms with Gasteiger partial charge in [-0.25, -0.2) is 0 Å². The highest BCUT2D eigenvalue weighted by Gasteiger charge is 2.07. The van der Waals surface area contributed by atoms with Crippen LogP contribution in [-0.2, 0) is 4.79 Å². The first-order valence-corrected chi connectivity index (χ1v) is 10.4. The monoisotopic (exact) mass is 508 g/mol.